The standard InChI is InChI=1S/C18H19N5O2/c1-13-3-7-15(8-4-13)19-17-11-12-22(23(24)25)18(21-17)20-16-9-5-14(2)6-10-16/h3-11,19H,12H2,1-2H3,(H,20,21). The van der Waals surface area contributed by atoms with Gasteiger partial charge in [-0.3, -0.25) is 0 Å². The van der Waals surface area contributed by atoms with Crippen LogP contribution in [-0.2, 0) is 0 Å². The van der Waals surface area contributed by atoms with E-state index in [-0.39, 0.29) is 12.5 Å². The molecule has 3 rings (SSSR count). The van der Waals surface area contributed by atoms with Crippen molar-refractivity contribution < 1.29 is 5.03 Å². The van der Waals surface area contributed by atoms with Crippen molar-refractivity contribution >= 4 is 17.3 Å². The summed E-state index contributed by atoms with van der Waals surface area (Å²) in [5.41, 5.74) is 3.90. The van der Waals surface area contributed by atoms with Gasteiger partial charge in [0.25, 0.3) is 5.96 Å². The van der Waals surface area contributed by atoms with E-state index in [9.17, 15) is 10.1 Å². The Hall–Kier alpha value is -3.35. The van der Waals surface area contributed by atoms with Crippen LogP contribution in [0.4, 0.5) is 11.4 Å². The van der Waals surface area contributed by atoms with Crippen molar-refractivity contribution in [1.82, 2.24) is 5.01 Å². The summed E-state index contributed by atoms with van der Waals surface area (Å²) >= 11 is 0. The molecule has 7 nitrogen and oxygen atoms in total. The fraction of sp³-hybridized carbons (Fsp3) is 0.167. The van der Waals surface area contributed by atoms with E-state index in [1.54, 1.807) is 6.08 Å². The van der Waals surface area contributed by atoms with E-state index >= 15 is 0 Å². The number of nitro groups is 1. The Morgan fingerprint density at radius 1 is 0.960 bits per heavy atom. The maximum atomic E-state index is 11.3. The molecule has 25 heavy (non-hydrogen) atoms. The number of benzene rings is 2. The third-order valence-corrected chi connectivity index (χ3v) is 3.76. The smallest absolute Gasteiger partial charge is 0.268 e. The van der Waals surface area contributed by atoms with Gasteiger partial charge in [0, 0.05) is 11.4 Å². The van der Waals surface area contributed by atoms with Crippen LogP contribution in [0.15, 0.2) is 65.4 Å². The van der Waals surface area contributed by atoms with Crippen molar-refractivity contribution in [3.63, 3.8) is 0 Å². The van der Waals surface area contributed by atoms with Gasteiger partial charge in [-0.1, -0.05) is 40.4 Å². The molecule has 1 aliphatic rings. The summed E-state index contributed by atoms with van der Waals surface area (Å²) in [6, 6.07) is 15.5. The summed E-state index contributed by atoms with van der Waals surface area (Å²) in [7, 11) is 0. The predicted octanol–water partition coefficient (Wildman–Crippen LogP) is 3.53. The molecule has 1 heterocycles. The number of nitrogens with one attached hydrogen (secondary N) is 2. The fourth-order valence-corrected chi connectivity index (χ4v) is 2.34. The molecule has 0 radical (unpaired) electrons. The van der Waals surface area contributed by atoms with Crippen molar-refractivity contribution in [2.45, 2.75) is 13.8 Å². The molecule has 0 bridgehead atoms. The average molecular weight is 337 g/mol. The first-order chi connectivity index (χ1) is 12.0. The fourth-order valence-electron chi connectivity index (χ4n) is 2.34. The summed E-state index contributed by atoms with van der Waals surface area (Å²) in [6.07, 6.45) is 1.68. The lowest BCUT2D eigenvalue weighted by Gasteiger charge is -2.21. The van der Waals surface area contributed by atoms with Crippen molar-refractivity contribution in [2.75, 3.05) is 17.2 Å². The number of hydrogen-bond acceptors (Lipinski definition) is 5. The number of nitrogens with zero attached hydrogens (tertiary/aromatic N) is 3. The number of rotatable bonds is 4. The van der Waals surface area contributed by atoms with Crippen LogP contribution in [0, 0.1) is 24.0 Å². The molecule has 1 aliphatic heterocycles. The van der Waals surface area contributed by atoms with Crippen LogP contribution in [0.2, 0.25) is 0 Å². The van der Waals surface area contributed by atoms with E-state index in [0.29, 0.717) is 5.82 Å². The number of aryl methyl sites for hydroxylation is 2. The zero-order valence-corrected chi connectivity index (χ0v) is 14.1. The van der Waals surface area contributed by atoms with Gasteiger partial charge in [0.1, 0.15) is 12.4 Å². The zero-order chi connectivity index (χ0) is 17.8. The molecule has 0 saturated carbocycles. The summed E-state index contributed by atoms with van der Waals surface area (Å²) in [4.78, 5) is 15.6. The number of aliphatic imine (C=N–C) groups is 1. The normalized spacial score (nSPS) is 13.8. The second-order valence-corrected chi connectivity index (χ2v) is 5.83. The van der Waals surface area contributed by atoms with Gasteiger partial charge in [0.2, 0.25) is 0 Å². The molecule has 0 atom stereocenters. The minimum Gasteiger partial charge on any atom is -0.340 e. The molecule has 0 aromatic heterocycles. The van der Waals surface area contributed by atoms with Crippen LogP contribution in [-0.4, -0.2) is 22.5 Å². The van der Waals surface area contributed by atoms with Gasteiger partial charge < -0.3 is 10.6 Å². The van der Waals surface area contributed by atoms with Gasteiger partial charge in [-0.15, -0.1) is 0 Å². The molecular formula is C18H19N5O2. The van der Waals surface area contributed by atoms with Gasteiger partial charge in [-0.05, 0) is 44.2 Å². The van der Waals surface area contributed by atoms with Gasteiger partial charge in [-0.2, -0.15) is 4.99 Å². The monoisotopic (exact) mass is 337 g/mol. The van der Waals surface area contributed by atoms with E-state index in [4.69, 9.17) is 0 Å². The highest BCUT2D eigenvalue weighted by Crippen LogP contribution is 2.17. The molecule has 2 aromatic rings. The predicted molar refractivity (Wildman–Crippen MR) is 98.8 cm³/mol. The van der Waals surface area contributed by atoms with Crippen LogP contribution >= 0.6 is 0 Å². The molecule has 0 amide bonds. The van der Waals surface area contributed by atoms with Crippen LogP contribution in [0.25, 0.3) is 0 Å². The minimum atomic E-state index is -0.473. The van der Waals surface area contributed by atoms with Gasteiger partial charge in [0.05, 0.1) is 0 Å². The number of guanidine groups is 1. The van der Waals surface area contributed by atoms with E-state index in [1.807, 2.05) is 62.4 Å². The summed E-state index contributed by atoms with van der Waals surface area (Å²) in [6.45, 7) is 4.12. The van der Waals surface area contributed by atoms with Crippen molar-refractivity contribution in [3.05, 3.63) is 81.7 Å². The largest absolute Gasteiger partial charge is 0.340 e. The first-order valence-electron chi connectivity index (χ1n) is 7.89. The highest BCUT2D eigenvalue weighted by atomic mass is 16.7. The molecular weight excluding hydrogens is 318 g/mol. The van der Waals surface area contributed by atoms with E-state index < -0.39 is 5.03 Å². The first-order valence-corrected chi connectivity index (χ1v) is 7.89. The van der Waals surface area contributed by atoms with E-state index in [1.165, 1.54) is 0 Å². The molecule has 0 spiro atoms. The van der Waals surface area contributed by atoms with Crippen LogP contribution in [0.3, 0.4) is 0 Å². The van der Waals surface area contributed by atoms with Crippen LogP contribution in [0.5, 0.6) is 0 Å². The molecule has 2 N–H and O–H groups in total. The lowest BCUT2D eigenvalue weighted by atomic mass is 10.2. The minimum absolute atomic E-state index is 0.124. The third kappa shape index (κ3) is 4.14. The third-order valence-electron chi connectivity index (χ3n) is 3.76. The van der Waals surface area contributed by atoms with E-state index in [2.05, 4.69) is 15.6 Å². The molecule has 0 fully saturated rings. The summed E-state index contributed by atoms with van der Waals surface area (Å²) < 4.78 is 0. The van der Waals surface area contributed by atoms with Crippen LogP contribution in [0.1, 0.15) is 11.1 Å². The Balaban J connectivity index is 1.81. The maximum absolute atomic E-state index is 11.3. The van der Waals surface area contributed by atoms with Crippen molar-refractivity contribution in [1.29, 1.82) is 0 Å². The number of hydrazine groups is 1. The Morgan fingerprint density at radius 3 is 2.00 bits per heavy atom. The van der Waals surface area contributed by atoms with Crippen LogP contribution < -0.4 is 10.6 Å². The maximum Gasteiger partial charge on any atom is 0.268 e. The second-order valence-electron chi connectivity index (χ2n) is 5.83. The lowest BCUT2D eigenvalue weighted by molar-refractivity contribution is -0.627. The molecule has 0 saturated heterocycles. The highest BCUT2D eigenvalue weighted by Gasteiger charge is 2.25. The molecule has 2 aromatic carbocycles. The van der Waals surface area contributed by atoms with Crippen molar-refractivity contribution in [2.24, 2.45) is 4.99 Å². The molecule has 128 valence electrons. The quantitative estimate of drug-likeness (QED) is 0.659. The summed E-state index contributed by atoms with van der Waals surface area (Å²) in [5, 5.41) is 18.0. The molecule has 7 heteroatoms. The first kappa shape index (κ1) is 16.5. The van der Waals surface area contributed by atoms with Gasteiger partial charge >= 0.3 is 0 Å². The Bertz CT molecular complexity index is 826. The zero-order valence-electron chi connectivity index (χ0n) is 14.1. The van der Waals surface area contributed by atoms with E-state index in [0.717, 1.165) is 27.5 Å². The average Bonchev–Trinajstić information content (AvgIpc) is 2.59. The van der Waals surface area contributed by atoms with Crippen molar-refractivity contribution in [3.8, 4) is 0 Å². The lowest BCUT2D eigenvalue weighted by Crippen LogP contribution is -2.43. The second kappa shape index (κ2) is 7.04. The number of anilines is 2. The Labute approximate surface area is 145 Å². The van der Waals surface area contributed by atoms with Gasteiger partial charge in [0.15, 0.2) is 5.03 Å². The molecule has 0 unspecified atom stereocenters. The Kier molecular flexibility index (Phi) is 4.65. The summed E-state index contributed by atoms with van der Waals surface area (Å²) in [5.74, 6) is 0.738. The van der Waals surface area contributed by atoms with Gasteiger partial charge in [-0.25, -0.2) is 10.1 Å². The topological polar surface area (TPSA) is 82.8 Å². The Morgan fingerprint density at radius 2 is 1.48 bits per heavy atom. The SMILES string of the molecule is Cc1ccc(NC2=CCN([N+](=O)[O-])C(Nc3ccc(C)cc3)=N2)cc1. The number of hydrogen-bond donors (Lipinski definition) is 2. The highest BCUT2D eigenvalue weighted by molar-refractivity contribution is 5.94. The molecule has 0 aliphatic carbocycles.